The fourth-order valence-electron chi connectivity index (χ4n) is 2.03. The molecule has 3 N–H and O–H groups in total. The van der Waals surface area contributed by atoms with Crippen molar-refractivity contribution in [1.29, 1.82) is 0 Å². The van der Waals surface area contributed by atoms with E-state index in [1.54, 1.807) is 0 Å². The molecule has 1 aromatic heterocycles. The number of hydrogen-bond donors (Lipinski definition) is 3. The van der Waals surface area contributed by atoms with Crippen LogP contribution < -0.4 is 10.6 Å². The van der Waals surface area contributed by atoms with E-state index in [1.165, 1.54) is 5.39 Å². The zero-order valence-corrected chi connectivity index (χ0v) is 8.08. The van der Waals surface area contributed by atoms with Gasteiger partial charge >= 0.3 is 6.03 Å². The average Bonchev–Trinajstić information content (AvgIpc) is 2.83. The molecule has 0 radical (unpaired) electrons. The van der Waals surface area contributed by atoms with E-state index in [1.807, 2.05) is 24.4 Å². The minimum absolute atomic E-state index is 0.0775. The molecule has 0 bridgehead atoms. The number of urea groups is 1. The van der Waals surface area contributed by atoms with Crippen LogP contribution in [0.5, 0.6) is 0 Å². The standard InChI is InChI=1S/C11H11N3O/c15-11-13-6-10(14-11)8-5-12-9-4-2-1-3-7(8)9/h1-5,10,12H,6H2,(H2,13,14,15). The predicted molar refractivity (Wildman–Crippen MR) is 57.6 cm³/mol. The first-order chi connectivity index (χ1) is 7.34. The molecule has 1 atom stereocenters. The molecule has 1 aromatic carbocycles. The molecule has 1 unspecified atom stereocenters. The summed E-state index contributed by atoms with van der Waals surface area (Å²) in [4.78, 5) is 14.3. The number of para-hydroxylation sites is 1. The van der Waals surface area contributed by atoms with Crippen LogP contribution in [0.15, 0.2) is 30.5 Å². The van der Waals surface area contributed by atoms with E-state index in [4.69, 9.17) is 0 Å². The fourth-order valence-corrected chi connectivity index (χ4v) is 2.03. The van der Waals surface area contributed by atoms with Gasteiger partial charge in [-0.05, 0) is 6.07 Å². The highest BCUT2D eigenvalue weighted by molar-refractivity contribution is 5.85. The Morgan fingerprint density at radius 3 is 2.93 bits per heavy atom. The molecule has 4 nitrogen and oxygen atoms in total. The van der Waals surface area contributed by atoms with E-state index in [0.29, 0.717) is 6.54 Å². The Morgan fingerprint density at radius 1 is 1.27 bits per heavy atom. The van der Waals surface area contributed by atoms with Crippen LogP contribution in [0.3, 0.4) is 0 Å². The summed E-state index contributed by atoms with van der Waals surface area (Å²) in [6.45, 7) is 0.653. The Kier molecular flexibility index (Phi) is 1.68. The topological polar surface area (TPSA) is 56.9 Å². The van der Waals surface area contributed by atoms with E-state index >= 15 is 0 Å². The third-order valence-electron chi connectivity index (χ3n) is 2.77. The first-order valence-electron chi connectivity index (χ1n) is 4.95. The Hall–Kier alpha value is -1.97. The van der Waals surface area contributed by atoms with Crippen molar-refractivity contribution in [1.82, 2.24) is 15.6 Å². The van der Waals surface area contributed by atoms with Gasteiger partial charge in [-0.2, -0.15) is 0 Å². The van der Waals surface area contributed by atoms with E-state index in [0.717, 1.165) is 11.1 Å². The molecule has 4 heteroatoms. The summed E-state index contributed by atoms with van der Waals surface area (Å²) in [6, 6.07) is 8.08. The molecule has 2 heterocycles. The smallest absolute Gasteiger partial charge is 0.315 e. The highest BCUT2D eigenvalue weighted by Crippen LogP contribution is 2.24. The van der Waals surface area contributed by atoms with Crippen LogP contribution in [0.2, 0.25) is 0 Å². The number of aromatic nitrogens is 1. The second kappa shape index (κ2) is 3.02. The van der Waals surface area contributed by atoms with Gasteiger partial charge in [0.15, 0.2) is 0 Å². The van der Waals surface area contributed by atoms with E-state index in [-0.39, 0.29) is 12.1 Å². The fraction of sp³-hybridized carbons (Fsp3) is 0.182. The van der Waals surface area contributed by atoms with Crippen molar-refractivity contribution >= 4 is 16.9 Å². The Balaban J connectivity index is 2.07. The molecule has 1 saturated heterocycles. The number of aromatic amines is 1. The van der Waals surface area contributed by atoms with Crippen molar-refractivity contribution in [3.05, 3.63) is 36.0 Å². The van der Waals surface area contributed by atoms with Gasteiger partial charge in [-0.25, -0.2) is 4.79 Å². The van der Waals surface area contributed by atoms with Gasteiger partial charge in [0.25, 0.3) is 0 Å². The van der Waals surface area contributed by atoms with Crippen LogP contribution in [0.1, 0.15) is 11.6 Å². The summed E-state index contributed by atoms with van der Waals surface area (Å²) >= 11 is 0. The first kappa shape index (κ1) is 8.35. The summed E-state index contributed by atoms with van der Waals surface area (Å²) in [7, 11) is 0. The molecular weight excluding hydrogens is 190 g/mol. The minimum atomic E-state index is -0.0923. The number of H-pyrrole nitrogens is 1. The average molecular weight is 201 g/mol. The molecule has 2 aromatic rings. The minimum Gasteiger partial charge on any atom is -0.361 e. The summed E-state index contributed by atoms with van der Waals surface area (Å²) < 4.78 is 0. The molecule has 76 valence electrons. The van der Waals surface area contributed by atoms with Crippen molar-refractivity contribution < 1.29 is 4.79 Å². The predicted octanol–water partition coefficient (Wildman–Crippen LogP) is 1.52. The molecule has 1 aliphatic rings. The molecule has 0 saturated carbocycles. The van der Waals surface area contributed by atoms with Gasteiger partial charge in [0, 0.05) is 29.2 Å². The van der Waals surface area contributed by atoms with Crippen LogP contribution >= 0.6 is 0 Å². The maximum absolute atomic E-state index is 11.1. The van der Waals surface area contributed by atoms with Crippen LogP contribution in [-0.4, -0.2) is 17.6 Å². The van der Waals surface area contributed by atoms with Crippen molar-refractivity contribution in [2.45, 2.75) is 6.04 Å². The third kappa shape index (κ3) is 1.26. The Bertz CT molecular complexity index is 517. The lowest BCUT2D eigenvalue weighted by molar-refractivity contribution is 0.247. The second-order valence-corrected chi connectivity index (χ2v) is 3.70. The van der Waals surface area contributed by atoms with Crippen LogP contribution in [0, 0.1) is 0 Å². The maximum Gasteiger partial charge on any atom is 0.315 e. The highest BCUT2D eigenvalue weighted by atomic mass is 16.2. The normalized spacial score (nSPS) is 20.3. The van der Waals surface area contributed by atoms with Crippen molar-refractivity contribution in [2.75, 3.05) is 6.54 Å². The second-order valence-electron chi connectivity index (χ2n) is 3.70. The molecule has 2 amide bonds. The van der Waals surface area contributed by atoms with Gasteiger partial charge in [-0.15, -0.1) is 0 Å². The number of rotatable bonds is 1. The van der Waals surface area contributed by atoms with Gasteiger partial charge in [0.1, 0.15) is 0 Å². The lowest BCUT2D eigenvalue weighted by Crippen LogP contribution is -2.21. The maximum atomic E-state index is 11.1. The molecular formula is C11H11N3O. The quantitative estimate of drug-likeness (QED) is 0.643. The third-order valence-corrected chi connectivity index (χ3v) is 2.77. The summed E-state index contributed by atoms with van der Waals surface area (Å²) in [5.74, 6) is 0. The summed E-state index contributed by atoms with van der Waals surface area (Å²) in [5.41, 5.74) is 2.25. The molecule has 1 fully saturated rings. The number of amides is 2. The van der Waals surface area contributed by atoms with E-state index in [2.05, 4.69) is 21.7 Å². The number of hydrogen-bond acceptors (Lipinski definition) is 1. The number of benzene rings is 1. The number of nitrogens with one attached hydrogen (secondary N) is 3. The SMILES string of the molecule is O=C1NCC(c2c[nH]c3ccccc23)N1. The van der Waals surface area contributed by atoms with Gasteiger partial charge < -0.3 is 15.6 Å². The molecule has 0 aliphatic carbocycles. The molecule has 3 rings (SSSR count). The number of carbonyl (C=O) groups excluding carboxylic acids is 1. The molecule has 1 aliphatic heterocycles. The molecule has 15 heavy (non-hydrogen) atoms. The van der Waals surface area contributed by atoms with Gasteiger partial charge in [0.05, 0.1) is 6.04 Å². The Labute approximate surface area is 86.7 Å². The Morgan fingerprint density at radius 2 is 2.13 bits per heavy atom. The van der Waals surface area contributed by atoms with Crippen LogP contribution in [0.25, 0.3) is 10.9 Å². The van der Waals surface area contributed by atoms with E-state index in [9.17, 15) is 4.79 Å². The number of fused-ring (bicyclic) bond motifs is 1. The largest absolute Gasteiger partial charge is 0.361 e. The monoisotopic (exact) mass is 201 g/mol. The van der Waals surface area contributed by atoms with Gasteiger partial charge in [0.2, 0.25) is 0 Å². The van der Waals surface area contributed by atoms with Crippen molar-refractivity contribution in [3.8, 4) is 0 Å². The van der Waals surface area contributed by atoms with Crippen LogP contribution in [-0.2, 0) is 0 Å². The highest BCUT2D eigenvalue weighted by Gasteiger charge is 2.23. The van der Waals surface area contributed by atoms with E-state index < -0.39 is 0 Å². The van der Waals surface area contributed by atoms with Crippen molar-refractivity contribution in [2.24, 2.45) is 0 Å². The van der Waals surface area contributed by atoms with Gasteiger partial charge in [-0.1, -0.05) is 18.2 Å². The first-order valence-corrected chi connectivity index (χ1v) is 4.95. The number of carbonyl (C=O) groups is 1. The zero-order valence-electron chi connectivity index (χ0n) is 8.08. The zero-order chi connectivity index (χ0) is 10.3. The van der Waals surface area contributed by atoms with Crippen LogP contribution in [0.4, 0.5) is 4.79 Å². The lowest BCUT2D eigenvalue weighted by Gasteiger charge is -2.06. The lowest BCUT2D eigenvalue weighted by atomic mass is 10.1. The van der Waals surface area contributed by atoms with Crippen molar-refractivity contribution in [3.63, 3.8) is 0 Å². The molecule has 0 spiro atoms. The summed E-state index contributed by atoms with van der Waals surface area (Å²) in [5, 5.41) is 6.81. The van der Waals surface area contributed by atoms with Gasteiger partial charge in [-0.3, -0.25) is 0 Å². The summed E-state index contributed by atoms with van der Waals surface area (Å²) in [6.07, 6.45) is 1.96.